The van der Waals surface area contributed by atoms with Crippen LogP contribution in [0.15, 0.2) is 79.4 Å². The highest BCUT2D eigenvalue weighted by Crippen LogP contribution is 2.33. The van der Waals surface area contributed by atoms with Crippen molar-refractivity contribution in [3.05, 3.63) is 79.4 Å². The molecule has 0 fully saturated rings. The van der Waals surface area contributed by atoms with E-state index in [1.165, 1.54) is 49.6 Å². The first kappa shape index (κ1) is 14.2. The molecule has 132 valence electrons. The van der Waals surface area contributed by atoms with Gasteiger partial charge in [0.05, 0.1) is 27.8 Å². The second kappa shape index (κ2) is 4.58. The second-order valence-corrected chi connectivity index (χ2v) is 7.97. The molecule has 6 aromatic rings. The maximum atomic E-state index is 4.74. The summed E-state index contributed by atoms with van der Waals surface area (Å²) >= 11 is 0. The van der Waals surface area contributed by atoms with E-state index in [0.29, 0.717) is 0 Å². The minimum absolute atomic E-state index is 0.186. The highest BCUT2D eigenvalue weighted by molar-refractivity contribution is 7.00. The Morgan fingerprint density at radius 1 is 0.690 bits per heavy atom. The molecule has 2 aliphatic heterocycles. The van der Waals surface area contributed by atoms with E-state index in [1.54, 1.807) is 0 Å². The van der Waals surface area contributed by atoms with Crippen LogP contribution >= 0.6 is 0 Å². The van der Waals surface area contributed by atoms with Gasteiger partial charge in [0.2, 0.25) is 0 Å². The van der Waals surface area contributed by atoms with Crippen molar-refractivity contribution in [1.82, 2.24) is 19.1 Å². The van der Waals surface area contributed by atoms with E-state index < -0.39 is 0 Å². The molecule has 29 heavy (non-hydrogen) atoms. The Kier molecular flexibility index (Phi) is 2.24. The fourth-order valence-electron chi connectivity index (χ4n) is 5.56. The Labute approximate surface area is 166 Å². The molecule has 0 bridgehead atoms. The summed E-state index contributed by atoms with van der Waals surface area (Å²) in [5.74, 6) is 0. The summed E-state index contributed by atoms with van der Waals surface area (Å²) in [7, 11) is 0. The maximum Gasteiger partial charge on any atom is 0.252 e. The van der Waals surface area contributed by atoms with Crippen LogP contribution < -0.4 is 16.4 Å². The first-order chi connectivity index (χ1) is 14.4. The number of fused-ring (bicyclic) bond motifs is 6. The van der Waals surface area contributed by atoms with Crippen LogP contribution in [0.1, 0.15) is 0 Å². The van der Waals surface area contributed by atoms with Crippen LogP contribution in [0.5, 0.6) is 0 Å². The van der Waals surface area contributed by atoms with Crippen molar-refractivity contribution in [2.24, 2.45) is 0 Å². The molecule has 5 heteroatoms. The highest BCUT2D eigenvalue weighted by atomic mass is 15.1. The largest absolute Gasteiger partial charge is 0.300 e. The van der Waals surface area contributed by atoms with Crippen LogP contribution in [0, 0.1) is 0 Å². The van der Waals surface area contributed by atoms with Crippen molar-refractivity contribution < 1.29 is 0 Å². The van der Waals surface area contributed by atoms with Crippen molar-refractivity contribution in [2.75, 3.05) is 0 Å². The van der Waals surface area contributed by atoms with Crippen molar-refractivity contribution in [2.45, 2.75) is 0 Å². The lowest BCUT2D eigenvalue weighted by atomic mass is 9.34. The topological polar surface area (TPSA) is 35.6 Å². The molecular weight excluding hydrogens is 355 g/mol. The molecule has 0 saturated carbocycles. The predicted molar refractivity (Wildman–Crippen MR) is 118 cm³/mol. The van der Waals surface area contributed by atoms with E-state index >= 15 is 0 Å². The molecular formula is C24H13BN4. The summed E-state index contributed by atoms with van der Waals surface area (Å²) in [5, 5.41) is 2.50. The van der Waals surface area contributed by atoms with Crippen LogP contribution in [0.2, 0.25) is 0 Å². The zero-order valence-corrected chi connectivity index (χ0v) is 15.4. The van der Waals surface area contributed by atoms with E-state index in [-0.39, 0.29) is 6.71 Å². The molecule has 2 aromatic heterocycles. The minimum atomic E-state index is 0.186. The van der Waals surface area contributed by atoms with Gasteiger partial charge in [0.25, 0.3) is 6.71 Å². The number of imidazole rings is 2. The Morgan fingerprint density at radius 3 is 2.17 bits per heavy atom. The number of hydrogen-bond donors (Lipinski definition) is 0. The number of hydrogen-bond acceptors (Lipinski definition) is 2. The average Bonchev–Trinajstić information content (AvgIpc) is 3.39. The minimum Gasteiger partial charge on any atom is -0.300 e. The molecule has 0 amide bonds. The van der Waals surface area contributed by atoms with Gasteiger partial charge in [-0.15, -0.1) is 0 Å². The average molecular weight is 368 g/mol. The molecule has 0 unspecified atom stereocenters. The molecule has 0 atom stereocenters. The summed E-state index contributed by atoms with van der Waals surface area (Å²) in [5.41, 5.74) is 11.0. The zero-order valence-electron chi connectivity index (χ0n) is 15.4. The molecule has 4 heterocycles. The van der Waals surface area contributed by atoms with Gasteiger partial charge in [-0.2, -0.15) is 0 Å². The number of aromatic nitrogens is 4. The maximum absolute atomic E-state index is 4.74. The molecule has 0 N–H and O–H groups in total. The van der Waals surface area contributed by atoms with Gasteiger partial charge >= 0.3 is 0 Å². The van der Waals surface area contributed by atoms with Gasteiger partial charge in [-0.3, -0.25) is 9.13 Å². The van der Waals surface area contributed by atoms with Gasteiger partial charge in [0, 0.05) is 11.1 Å². The molecule has 0 spiro atoms. The Morgan fingerprint density at radius 2 is 1.38 bits per heavy atom. The van der Waals surface area contributed by atoms with Gasteiger partial charge < -0.3 is 0 Å². The molecule has 8 rings (SSSR count). The molecule has 0 saturated heterocycles. The smallest absolute Gasteiger partial charge is 0.252 e. The van der Waals surface area contributed by atoms with E-state index in [4.69, 9.17) is 9.97 Å². The molecule has 2 aliphatic rings. The number of para-hydroxylation sites is 2. The van der Waals surface area contributed by atoms with Gasteiger partial charge in [-0.25, -0.2) is 9.97 Å². The first-order valence-corrected chi connectivity index (χ1v) is 9.88. The van der Waals surface area contributed by atoms with Crippen molar-refractivity contribution in [3.63, 3.8) is 0 Å². The Bertz CT molecular complexity index is 1670. The third-order valence-corrected chi connectivity index (χ3v) is 6.65. The van der Waals surface area contributed by atoms with Crippen LogP contribution in [0.25, 0.3) is 44.2 Å². The third-order valence-electron chi connectivity index (χ3n) is 6.65. The normalized spacial score (nSPS) is 13.4. The molecule has 0 radical (unpaired) electrons. The molecule has 4 nitrogen and oxygen atoms in total. The van der Waals surface area contributed by atoms with Crippen LogP contribution in [-0.4, -0.2) is 25.8 Å². The van der Waals surface area contributed by atoms with Crippen LogP contribution in [0.3, 0.4) is 0 Å². The SMILES string of the molecule is c1ccc2c3c4c(cc2c1)-n1cnc2cccc(c21)B4c1cccc2ncn-3c12. The zero-order chi connectivity index (χ0) is 18.7. The number of rotatable bonds is 0. The van der Waals surface area contributed by atoms with Crippen LogP contribution in [0.4, 0.5) is 0 Å². The van der Waals surface area contributed by atoms with Crippen LogP contribution in [-0.2, 0) is 0 Å². The quantitative estimate of drug-likeness (QED) is 0.386. The van der Waals surface area contributed by atoms with E-state index in [9.17, 15) is 0 Å². The second-order valence-electron chi connectivity index (χ2n) is 7.97. The van der Waals surface area contributed by atoms with E-state index in [1.807, 2.05) is 12.7 Å². The standard InChI is InChI=1S/C24H13BN4/c1-2-6-15-14(5-1)11-20-21-22(15)29-13-27-19-10-4-8-17(24(19)29)25(21)16-7-3-9-18-23(16)28(20)12-26-18/h1-13H. The lowest BCUT2D eigenvalue weighted by molar-refractivity contribution is 1.07. The van der Waals surface area contributed by atoms with Crippen molar-refractivity contribution >= 4 is 55.9 Å². The monoisotopic (exact) mass is 368 g/mol. The molecule has 0 aliphatic carbocycles. The highest BCUT2D eigenvalue weighted by Gasteiger charge is 2.40. The van der Waals surface area contributed by atoms with Gasteiger partial charge in [0.1, 0.15) is 12.7 Å². The predicted octanol–water partition coefficient (Wildman–Crippen LogP) is 2.66. The fraction of sp³-hybridized carbons (Fsp3) is 0. The summed E-state index contributed by atoms with van der Waals surface area (Å²) in [6.07, 6.45) is 3.95. The first-order valence-electron chi connectivity index (χ1n) is 9.88. The fourth-order valence-corrected chi connectivity index (χ4v) is 5.56. The van der Waals surface area contributed by atoms with Gasteiger partial charge in [-0.1, -0.05) is 48.5 Å². The lowest BCUT2D eigenvalue weighted by Crippen LogP contribution is -2.59. The van der Waals surface area contributed by atoms with Crippen molar-refractivity contribution in [1.29, 1.82) is 0 Å². The Hall–Kier alpha value is -3.86. The van der Waals surface area contributed by atoms with E-state index in [0.717, 1.165) is 11.0 Å². The van der Waals surface area contributed by atoms with Gasteiger partial charge in [-0.05, 0) is 40.0 Å². The molecule has 4 aromatic carbocycles. The number of benzene rings is 4. The lowest BCUT2D eigenvalue weighted by Gasteiger charge is -2.33. The Balaban J connectivity index is 1.72. The summed E-state index contributed by atoms with van der Waals surface area (Å²) < 4.78 is 4.57. The summed E-state index contributed by atoms with van der Waals surface area (Å²) in [4.78, 5) is 9.46. The van der Waals surface area contributed by atoms with E-state index in [2.05, 4.69) is 75.9 Å². The third kappa shape index (κ3) is 1.49. The van der Waals surface area contributed by atoms with Gasteiger partial charge in [0.15, 0.2) is 0 Å². The van der Waals surface area contributed by atoms with Crippen molar-refractivity contribution in [3.8, 4) is 11.4 Å². The summed E-state index contributed by atoms with van der Waals surface area (Å²) in [6.45, 7) is 0.186. The number of nitrogens with zero attached hydrogens (tertiary/aromatic N) is 4. The summed E-state index contributed by atoms with van der Waals surface area (Å²) in [6, 6.07) is 24.0.